The molecule has 2 aromatic rings. The zero-order chi connectivity index (χ0) is 18.2. The van der Waals surface area contributed by atoms with E-state index in [0.717, 1.165) is 11.1 Å². The Bertz CT molecular complexity index is 793. The fourth-order valence-corrected chi connectivity index (χ4v) is 3.15. The van der Waals surface area contributed by atoms with E-state index < -0.39 is 5.41 Å². The van der Waals surface area contributed by atoms with Crippen molar-refractivity contribution in [2.45, 2.75) is 26.7 Å². The molecular formula is C19H18Cl2N2O2. The van der Waals surface area contributed by atoms with Gasteiger partial charge in [0.25, 0.3) is 0 Å². The molecule has 0 aliphatic heterocycles. The molecule has 1 fully saturated rings. The number of hydrogen-bond donors (Lipinski definition) is 2. The van der Waals surface area contributed by atoms with Gasteiger partial charge in [-0.1, -0.05) is 23.2 Å². The van der Waals surface area contributed by atoms with Crippen LogP contribution in [0.2, 0.25) is 10.0 Å². The van der Waals surface area contributed by atoms with Crippen molar-refractivity contribution in [2.75, 3.05) is 10.6 Å². The quantitative estimate of drug-likeness (QED) is 0.740. The average Bonchev–Trinajstić information content (AvgIpc) is 3.34. The first-order valence-electron chi connectivity index (χ1n) is 7.97. The molecule has 1 aliphatic carbocycles. The lowest BCUT2D eigenvalue weighted by atomic mass is 10.0. The van der Waals surface area contributed by atoms with Crippen molar-refractivity contribution in [3.05, 3.63) is 57.6 Å². The first kappa shape index (κ1) is 17.8. The van der Waals surface area contributed by atoms with Crippen LogP contribution in [0.1, 0.15) is 24.0 Å². The summed E-state index contributed by atoms with van der Waals surface area (Å²) >= 11 is 11.9. The van der Waals surface area contributed by atoms with Gasteiger partial charge in [0, 0.05) is 21.4 Å². The number of amides is 2. The Hall–Kier alpha value is -2.04. The number of anilines is 2. The van der Waals surface area contributed by atoms with Crippen molar-refractivity contribution in [1.82, 2.24) is 0 Å². The van der Waals surface area contributed by atoms with E-state index in [4.69, 9.17) is 23.2 Å². The number of benzene rings is 2. The molecule has 0 radical (unpaired) electrons. The maximum Gasteiger partial charge on any atom is 0.240 e. The Labute approximate surface area is 156 Å². The van der Waals surface area contributed by atoms with Crippen LogP contribution < -0.4 is 10.6 Å². The number of carbonyl (C=O) groups is 2. The predicted molar refractivity (Wildman–Crippen MR) is 101 cm³/mol. The third-order valence-corrected chi connectivity index (χ3v) is 4.96. The molecule has 2 aromatic carbocycles. The second-order valence-corrected chi connectivity index (χ2v) is 7.28. The number of halogens is 2. The molecule has 0 atom stereocenters. The zero-order valence-electron chi connectivity index (χ0n) is 14.0. The number of carbonyl (C=O) groups excluding carboxylic acids is 2. The first-order valence-corrected chi connectivity index (χ1v) is 8.73. The van der Waals surface area contributed by atoms with Gasteiger partial charge in [0.2, 0.25) is 11.8 Å². The van der Waals surface area contributed by atoms with Crippen LogP contribution in [0.25, 0.3) is 0 Å². The van der Waals surface area contributed by atoms with E-state index in [1.165, 1.54) is 0 Å². The van der Waals surface area contributed by atoms with Crippen LogP contribution in [0.5, 0.6) is 0 Å². The van der Waals surface area contributed by atoms with Gasteiger partial charge < -0.3 is 10.6 Å². The summed E-state index contributed by atoms with van der Waals surface area (Å²) < 4.78 is 0. The van der Waals surface area contributed by atoms with E-state index in [2.05, 4.69) is 10.6 Å². The maximum atomic E-state index is 12.7. The van der Waals surface area contributed by atoms with Gasteiger partial charge in [-0.25, -0.2) is 0 Å². The van der Waals surface area contributed by atoms with Gasteiger partial charge in [-0.3, -0.25) is 9.59 Å². The second kappa shape index (κ2) is 6.70. The topological polar surface area (TPSA) is 58.2 Å². The van der Waals surface area contributed by atoms with E-state index in [9.17, 15) is 9.59 Å². The van der Waals surface area contributed by atoms with Crippen LogP contribution in [0.15, 0.2) is 36.4 Å². The van der Waals surface area contributed by atoms with E-state index >= 15 is 0 Å². The molecule has 1 aliphatic rings. The maximum absolute atomic E-state index is 12.7. The molecule has 3 rings (SSSR count). The van der Waals surface area contributed by atoms with E-state index in [1.54, 1.807) is 36.4 Å². The molecule has 4 nitrogen and oxygen atoms in total. The molecule has 0 bridgehead atoms. The Morgan fingerprint density at radius 2 is 1.24 bits per heavy atom. The summed E-state index contributed by atoms with van der Waals surface area (Å²) in [5.41, 5.74) is 2.02. The predicted octanol–water partition coefficient (Wildman–Crippen LogP) is 4.97. The molecule has 0 aromatic heterocycles. The summed E-state index contributed by atoms with van der Waals surface area (Å²) in [6.45, 7) is 3.72. The highest BCUT2D eigenvalue weighted by molar-refractivity contribution is 6.31. The molecule has 1 saturated carbocycles. The average molecular weight is 377 g/mol. The smallest absolute Gasteiger partial charge is 0.240 e. The van der Waals surface area contributed by atoms with Gasteiger partial charge in [-0.05, 0) is 74.2 Å². The molecule has 2 N–H and O–H groups in total. The van der Waals surface area contributed by atoms with E-state index in [1.807, 2.05) is 13.8 Å². The molecule has 130 valence electrons. The normalized spacial score (nSPS) is 14.7. The number of nitrogens with one attached hydrogen (secondary N) is 2. The third-order valence-electron chi connectivity index (χ3n) is 4.49. The highest BCUT2D eigenvalue weighted by atomic mass is 35.5. The van der Waals surface area contributed by atoms with Crippen molar-refractivity contribution < 1.29 is 9.59 Å². The fraction of sp³-hybridized carbons (Fsp3) is 0.263. The Morgan fingerprint density at radius 1 is 0.840 bits per heavy atom. The summed E-state index contributed by atoms with van der Waals surface area (Å²) in [6, 6.07) is 10.4. The van der Waals surface area contributed by atoms with Crippen LogP contribution in [0, 0.1) is 19.3 Å². The van der Waals surface area contributed by atoms with Crippen molar-refractivity contribution >= 4 is 46.4 Å². The van der Waals surface area contributed by atoms with Gasteiger partial charge in [-0.15, -0.1) is 0 Å². The Kier molecular flexibility index (Phi) is 4.76. The summed E-state index contributed by atoms with van der Waals surface area (Å²) in [5.74, 6) is -0.580. The Balaban J connectivity index is 1.74. The minimum absolute atomic E-state index is 0.290. The van der Waals surface area contributed by atoms with Crippen LogP contribution in [-0.2, 0) is 9.59 Å². The van der Waals surface area contributed by atoms with Gasteiger partial charge in [0.1, 0.15) is 5.41 Å². The molecule has 25 heavy (non-hydrogen) atoms. The number of aryl methyl sites for hydroxylation is 2. The summed E-state index contributed by atoms with van der Waals surface area (Å²) in [7, 11) is 0. The van der Waals surface area contributed by atoms with Crippen LogP contribution in [-0.4, -0.2) is 11.8 Å². The third kappa shape index (κ3) is 3.65. The monoisotopic (exact) mass is 376 g/mol. The molecule has 2 amide bonds. The summed E-state index contributed by atoms with van der Waals surface area (Å²) in [6.07, 6.45) is 1.06. The SMILES string of the molecule is Cc1cc(Cl)ccc1NC(=O)C1(C(=O)Nc2ccc(Cl)cc2C)CC1. The first-order chi connectivity index (χ1) is 11.8. The lowest BCUT2D eigenvalue weighted by Gasteiger charge is -2.17. The highest BCUT2D eigenvalue weighted by Gasteiger charge is 2.56. The zero-order valence-corrected chi connectivity index (χ0v) is 15.5. The molecule has 0 spiro atoms. The van der Waals surface area contributed by atoms with Crippen molar-refractivity contribution in [1.29, 1.82) is 0 Å². The number of rotatable bonds is 4. The van der Waals surface area contributed by atoms with E-state index in [0.29, 0.717) is 34.3 Å². The van der Waals surface area contributed by atoms with Crippen LogP contribution in [0.4, 0.5) is 11.4 Å². The summed E-state index contributed by atoms with van der Waals surface area (Å²) in [4.78, 5) is 25.4. The largest absolute Gasteiger partial charge is 0.325 e. The van der Waals surface area contributed by atoms with Crippen molar-refractivity contribution in [3.63, 3.8) is 0 Å². The highest BCUT2D eigenvalue weighted by Crippen LogP contribution is 2.47. The van der Waals surface area contributed by atoms with Gasteiger partial charge in [0.05, 0.1) is 0 Å². The van der Waals surface area contributed by atoms with Crippen molar-refractivity contribution in [3.8, 4) is 0 Å². The van der Waals surface area contributed by atoms with Gasteiger partial charge in [0.15, 0.2) is 0 Å². The van der Waals surface area contributed by atoms with Crippen LogP contribution in [0.3, 0.4) is 0 Å². The minimum atomic E-state index is -1.02. The Morgan fingerprint density at radius 3 is 1.56 bits per heavy atom. The van der Waals surface area contributed by atoms with Gasteiger partial charge in [-0.2, -0.15) is 0 Å². The van der Waals surface area contributed by atoms with E-state index in [-0.39, 0.29) is 11.8 Å². The molecule has 0 heterocycles. The molecular weight excluding hydrogens is 359 g/mol. The summed E-state index contributed by atoms with van der Waals surface area (Å²) in [5, 5.41) is 6.91. The molecule has 6 heteroatoms. The van der Waals surface area contributed by atoms with Crippen molar-refractivity contribution in [2.24, 2.45) is 5.41 Å². The number of hydrogen-bond acceptors (Lipinski definition) is 2. The van der Waals surface area contributed by atoms with Gasteiger partial charge >= 0.3 is 0 Å². The van der Waals surface area contributed by atoms with Crippen LogP contribution >= 0.6 is 23.2 Å². The molecule has 0 unspecified atom stereocenters. The minimum Gasteiger partial charge on any atom is -0.325 e. The standard InChI is InChI=1S/C19H18Cl2N2O2/c1-11-9-13(20)3-5-15(11)22-17(24)19(7-8-19)18(25)23-16-6-4-14(21)10-12(16)2/h3-6,9-10H,7-8H2,1-2H3,(H,22,24)(H,23,25). The molecule has 0 saturated heterocycles. The fourth-order valence-electron chi connectivity index (χ4n) is 2.70. The lowest BCUT2D eigenvalue weighted by Crippen LogP contribution is -2.36. The second-order valence-electron chi connectivity index (χ2n) is 6.41. The lowest BCUT2D eigenvalue weighted by molar-refractivity contribution is -0.131.